The third-order valence-corrected chi connectivity index (χ3v) is 1.79. The van der Waals surface area contributed by atoms with E-state index in [0.717, 1.165) is 7.11 Å². The maximum Gasteiger partial charge on any atom is 0.363 e. The summed E-state index contributed by atoms with van der Waals surface area (Å²) in [5.41, 5.74) is -1.87. The van der Waals surface area contributed by atoms with Crippen LogP contribution in [-0.2, 0) is 4.74 Å². The Morgan fingerprint density at radius 1 is 1.59 bits per heavy atom. The number of halogens is 3. The monoisotopic (exact) mass is 253 g/mol. The van der Waals surface area contributed by atoms with E-state index in [0.29, 0.717) is 6.20 Å². The van der Waals surface area contributed by atoms with E-state index < -0.39 is 35.0 Å². The predicted octanol–water partition coefficient (Wildman–Crippen LogP) is 1.31. The molecule has 1 rings (SSSR count). The van der Waals surface area contributed by atoms with Crippen molar-refractivity contribution in [2.45, 2.75) is 12.7 Å². The molecule has 0 saturated heterocycles. The zero-order valence-corrected chi connectivity index (χ0v) is 8.34. The zero-order chi connectivity index (χ0) is 13.2. The fourth-order valence-corrected chi connectivity index (χ4v) is 1.08. The van der Waals surface area contributed by atoms with Crippen LogP contribution >= 0.6 is 0 Å². The van der Waals surface area contributed by atoms with Crippen molar-refractivity contribution in [1.29, 1.82) is 0 Å². The quantitative estimate of drug-likeness (QED) is 0.458. The van der Waals surface area contributed by atoms with Gasteiger partial charge in [0, 0.05) is 0 Å². The van der Waals surface area contributed by atoms with E-state index in [-0.39, 0.29) is 4.68 Å². The van der Waals surface area contributed by atoms with Gasteiger partial charge in [-0.05, 0) is 0 Å². The summed E-state index contributed by atoms with van der Waals surface area (Å²) in [7, 11) is 0.874. The highest BCUT2D eigenvalue weighted by atomic mass is 19.3. The van der Waals surface area contributed by atoms with Gasteiger partial charge in [-0.15, -0.1) is 0 Å². The van der Waals surface area contributed by atoms with Crippen LogP contribution in [0, 0.1) is 10.1 Å². The van der Waals surface area contributed by atoms with E-state index >= 15 is 0 Å². The molecule has 0 bridgehead atoms. The number of hydrogen-bond donors (Lipinski definition) is 0. The Balaban J connectivity index is 3.32. The Labute approximate surface area is 91.9 Å². The molecule has 0 aliphatic carbocycles. The number of rotatable bonds is 4. The number of alkyl halides is 3. The maximum absolute atomic E-state index is 13.0. The molecular formula is C7H6F3N3O4. The van der Waals surface area contributed by atoms with Gasteiger partial charge >= 0.3 is 11.7 Å². The molecule has 1 unspecified atom stereocenters. The molecule has 7 nitrogen and oxygen atoms in total. The molecule has 1 aromatic heterocycles. The standard InChI is InChI=1S/C7H6F3N3O4/c1-17-7(14)4-3(13(15)16)2-11-12(4)6(10)5(8)9/h2,5-6H,1H3. The van der Waals surface area contributed by atoms with Crippen molar-refractivity contribution in [3.63, 3.8) is 0 Å². The Hall–Kier alpha value is -2.13. The summed E-state index contributed by atoms with van der Waals surface area (Å²) in [5, 5.41) is 13.5. The van der Waals surface area contributed by atoms with Crippen molar-refractivity contribution in [3.8, 4) is 0 Å². The van der Waals surface area contributed by atoms with Crippen molar-refractivity contribution in [1.82, 2.24) is 9.78 Å². The van der Waals surface area contributed by atoms with Crippen molar-refractivity contribution >= 4 is 11.7 Å². The van der Waals surface area contributed by atoms with Crippen molar-refractivity contribution in [3.05, 3.63) is 22.0 Å². The third-order valence-electron chi connectivity index (χ3n) is 1.79. The molecule has 1 heterocycles. The Kier molecular flexibility index (Phi) is 3.66. The first kappa shape index (κ1) is 12.9. The van der Waals surface area contributed by atoms with Crippen LogP contribution in [0.4, 0.5) is 18.9 Å². The van der Waals surface area contributed by atoms with Crippen LogP contribution in [0.2, 0.25) is 0 Å². The predicted molar refractivity (Wildman–Crippen MR) is 46.4 cm³/mol. The molecule has 1 aromatic rings. The number of aromatic nitrogens is 2. The first-order chi connectivity index (χ1) is 7.90. The summed E-state index contributed by atoms with van der Waals surface area (Å²) < 4.78 is 41.3. The van der Waals surface area contributed by atoms with E-state index in [2.05, 4.69) is 9.84 Å². The van der Waals surface area contributed by atoms with Crippen molar-refractivity contribution in [2.75, 3.05) is 7.11 Å². The minimum Gasteiger partial charge on any atom is -0.464 e. The fourth-order valence-electron chi connectivity index (χ4n) is 1.08. The third kappa shape index (κ3) is 2.34. The summed E-state index contributed by atoms with van der Waals surface area (Å²) in [5.74, 6) is -1.32. The van der Waals surface area contributed by atoms with E-state index in [4.69, 9.17) is 0 Å². The van der Waals surface area contributed by atoms with Crippen LogP contribution in [0.5, 0.6) is 0 Å². The van der Waals surface area contributed by atoms with Gasteiger partial charge in [0.25, 0.3) is 12.7 Å². The maximum atomic E-state index is 13.0. The first-order valence-electron chi connectivity index (χ1n) is 4.12. The van der Waals surface area contributed by atoms with Crippen LogP contribution in [0.1, 0.15) is 16.8 Å². The van der Waals surface area contributed by atoms with Gasteiger partial charge in [-0.1, -0.05) is 0 Å². The number of nitro groups is 1. The Morgan fingerprint density at radius 3 is 2.59 bits per heavy atom. The fraction of sp³-hybridized carbons (Fsp3) is 0.429. The SMILES string of the molecule is COC(=O)c1c([N+](=O)[O-])cnn1C(F)C(F)F. The van der Waals surface area contributed by atoms with Crippen LogP contribution < -0.4 is 0 Å². The number of methoxy groups -OCH3 is 1. The largest absolute Gasteiger partial charge is 0.464 e. The molecule has 0 spiro atoms. The first-order valence-corrected chi connectivity index (χ1v) is 4.12. The second-order valence-corrected chi connectivity index (χ2v) is 2.78. The van der Waals surface area contributed by atoms with Crippen molar-refractivity contribution < 1.29 is 27.6 Å². The van der Waals surface area contributed by atoms with E-state index in [1.807, 2.05) is 0 Å². The smallest absolute Gasteiger partial charge is 0.363 e. The second kappa shape index (κ2) is 4.80. The lowest BCUT2D eigenvalue weighted by molar-refractivity contribution is -0.385. The number of carbonyl (C=O) groups is 1. The summed E-state index contributed by atoms with van der Waals surface area (Å²) in [6.45, 7) is 0. The minimum absolute atomic E-state index is 0.0748. The van der Waals surface area contributed by atoms with Gasteiger partial charge < -0.3 is 4.74 Å². The highest BCUT2D eigenvalue weighted by molar-refractivity contribution is 5.91. The minimum atomic E-state index is -3.47. The van der Waals surface area contributed by atoms with Crippen molar-refractivity contribution in [2.24, 2.45) is 0 Å². The molecule has 1 atom stereocenters. The lowest BCUT2D eigenvalue weighted by Gasteiger charge is -2.09. The number of ether oxygens (including phenoxy) is 1. The molecule has 0 radical (unpaired) electrons. The summed E-state index contributed by atoms with van der Waals surface area (Å²) in [6.07, 6.45) is -5.93. The van der Waals surface area contributed by atoms with Gasteiger partial charge in [0.2, 0.25) is 5.69 Å². The van der Waals surface area contributed by atoms with Gasteiger partial charge in [-0.25, -0.2) is 22.6 Å². The van der Waals surface area contributed by atoms with Crippen LogP contribution in [-0.4, -0.2) is 34.2 Å². The molecule has 10 heteroatoms. The molecule has 0 aliphatic rings. The summed E-state index contributed by atoms with van der Waals surface area (Å²) in [6, 6.07) is 0. The number of hydrogen-bond acceptors (Lipinski definition) is 5. The summed E-state index contributed by atoms with van der Waals surface area (Å²) >= 11 is 0. The Morgan fingerprint density at radius 2 is 2.18 bits per heavy atom. The van der Waals surface area contributed by atoms with Crippen LogP contribution in [0.15, 0.2) is 6.20 Å². The molecule has 94 valence electrons. The molecule has 0 aliphatic heterocycles. The van der Waals surface area contributed by atoms with Crippen LogP contribution in [0.3, 0.4) is 0 Å². The second-order valence-electron chi connectivity index (χ2n) is 2.78. The highest BCUT2D eigenvalue weighted by Gasteiger charge is 2.34. The van der Waals surface area contributed by atoms with Gasteiger partial charge in [-0.3, -0.25) is 10.1 Å². The van der Waals surface area contributed by atoms with E-state index in [1.165, 1.54) is 0 Å². The summed E-state index contributed by atoms with van der Waals surface area (Å²) in [4.78, 5) is 20.6. The number of esters is 1. The van der Waals surface area contributed by atoms with Gasteiger partial charge in [0.1, 0.15) is 6.20 Å². The Bertz CT molecular complexity index is 448. The molecule has 0 N–H and O–H groups in total. The molecule has 0 aromatic carbocycles. The lowest BCUT2D eigenvalue weighted by Crippen LogP contribution is -2.20. The lowest BCUT2D eigenvalue weighted by atomic mass is 10.3. The number of nitrogens with zero attached hydrogens (tertiary/aromatic N) is 3. The van der Waals surface area contributed by atoms with Crippen LogP contribution in [0.25, 0.3) is 0 Å². The zero-order valence-electron chi connectivity index (χ0n) is 8.34. The van der Waals surface area contributed by atoms with Gasteiger partial charge in [0.05, 0.1) is 12.0 Å². The average Bonchev–Trinajstić information content (AvgIpc) is 2.71. The van der Waals surface area contributed by atoms with E-state index in [1.54, 1.807) is 0 Å². The molecule has 0 saturated carbocycles. The van der Waals surface area contributed by atoms with Gasteiger partial charge in [0.15, 0.2) is 0 Å². The van der Waals surface area contributed by atoms with E-state index in [9.17, 15) is 28.1 Å². The normalized spacial score (nSPS) is 12.5. The van der Waals surface area contributed by atoms with Gasteiger partial charge in [-0.2, -0.15) is 5.10 Å². The molecule has 17 heavy (non-hydrogen) atoms. The molecule has 0 amide bonds. The highest BCUT2D eigenvalue weighted by Crippen LogP contribution is 2.26. The number of carbonyl (C=O) groups excluding carboxylic acids is 1. The topological polar surface area (TPSA) is 87.3 Å². The molecular weight excluding hydrogens is 247 g/mol. The molecule has 0 fully saturated rings. The average molecular weight is 253 g/mol.